The zero-order valence-electron chi connectivity index (χ0n) is 14.5. The third-order valence-corrected chi connectivity index (χ3v) is 5.07. The lowest BCUT2D eigenvalue weighted by Gasteiger charge is -2.35. The molecule has 0 amide bonds. The Hall–Kier alpha value is -2.12. The highest BCUT2D eigenvalue weighted by atomic mass is 32.2. The molecule has 130 valence electrons. The molecule has 0 aliphatic carbocycles. The second-order valence-electron chi connectivity index (χ2n) is 6.24. The molecule has 3 heterocycles. The van der Waals surface area contributed by atoms with Crippen LogP contribution in [0.25, 0.3) is 11.0 Å². The van der Waals surface area contributed by atoms with Crippen LogP contribution in [-0.4, -0.2) is 52.5 Å². The van der Waals surface area contributed by atoms with Gasteiger partial charge in [-0.05, 0) is 25.3 Å². The van der Waals surface area contributed by atoms with E-state index >= 15 is 0 Å². The van der Waals surface area contributed by atoms with Crippen molar-refractivity contribution in [1.29, 1.82) is 0 Å². The number of aryl methyl sites for hydroxylation is 1. The molecule has 1 saturated heterocycles. The van der Waals surface area contributed by atoms with E-state index in [0.717, 1.165) is 66.1 Å². The smallest absolute Gasteiger partial charge is 0.189 e. The van der Waals surface area contributed by atoms with Crippen molar-refractivity contribution in [2.75, 3.05) is 37.3 Å². The number of benzene rings is 1. The maximum atomic E-state index is 5.41. The molecule has 1 fully saturated rings. The van der Waals surface area contributed by atoms with Crippen LogP contribution in [0.15, 0.2) is 40.0 Å². The van der Waals surface area contributed by atoms with E-state index in [2.05, 4.69) is 37.1 Å². The lowest BCUT2D eigenvalue weighted by atomic mass is 10.2. The zero-order chi connectivity index (χ0) is 17.2. The topological polar surface area (TPSA) is 58.3 Å². The van der Waals surface area contributed by atoms with Crippen molar-refractivity contribution in [1.82, 2.24) is 20.0 Å². The van der Waals surface area contributed by atoms with Crippen LogP contribution < -0.4 is 4.90 Å². The second-order valence-corrected chi connectivity index (χ2v) is 7.02. The summed E-state index contributed by atoms with van der Waals surface area (Å²) < 4.78 is 5.41. The van der Waals surface area contributed by atoms with E-state index in [1.54, 1.807) is 11.8 Å². The van der Waals surface area contributed by atoms with Crippen LogP contribution in [0.5, 0.6) is 0 Å². The van der Waals surface area contributed by atoms with Crippen molar-refractivity contribution >= 4 is 28.5 Å². The van der Waals surface area contributed by atoms with E-state index in [0.29, 0.717) is 0 Å². The first kappa shape index (κ1) is 16.4. The van der Waals surface area contributed by atoms with Gasteiger partial charge >= 0.3 is 0 Å². The van der Waals surface area contributed by atoms with Crippen molar-refractivity contribution in [2.24, 2.45) is 0 Å². The van der Waals surface area contributed by atoms with Crippen LogP contribution in [0, 0.1) is 6.92 Å². The zero-order valence-corrected chi connectivity index (χ0v) is 15.3. The Bertz CT molecular complexity index is 873. The van der Waals surface area contributed by atoms with Crippen LogP contribution in [0.4, 0.5) is 5.82 Å². The quantitative estimate of drug-likeness (QED) is 0.527. The molecule has 1 aliphatic rings. The summed E-state index contributed by atoms with van der Waals surface area (Å²) in [6, 6.07) is 10.1. The minimum atomic E-state index is 0.823. The van der Waals surface area contributed by atoms with E-state index in [1.165, 1.54) is 0 Å². The number of rotatable bonds is 4. The summed E-state index contributed by atoms with van der Waals surface area (Å²) in [5, 5.41) is 6.20. The number of hydrogen-bond donors (Lipinski definition) is 0. The Labute approximate surface area is 151 Å². The van der Waals surface area contributed by atoms with Gasteiger partial charge in [-0.15, -0.1) is 0 Å². The molecule has 0 N–H and O–H groups in total. The van der Waals surface area contributed by atoms with Crippen LogP contribution in [0.3, 0.4) is 0 Å². The van der Waals surface area contributed by atoms with Gasteiger partial charge in [0.1, 0.15) is 11.5 Å². The van der Waals surface area contributed by atoms with E-state index < -0.39 is 0 Å². The average molecular weight is 355 g/mol. The van der Waals surface area contributed by atoms with Crippen molar-refractivity contribution < 1.29 is 4.52 Å². The molecule has 3 aromatic rings. The number of thioether (sulfide) groups is 1. The molecule has 0 bridgehead atoms. The molecule has 4 rings (SSSR count). The number of anilines is 1. The number of nitrogens with zero attached hydrogens (tertiary/aromatic N) is 5. The predicted octanol–water partition coefficient (Wildman–Crippen LogP) is 2.97. The molecular formula is C18H21N5OS. The van der Waals surface area contributed by atoms with E-state index in [9.17, 15) is 0 Å². The Morgan fingerprint density at radius 3 is 2.72 bits per heavy atom. The van der Waals surface area contributed by atoms with E-state index in [1.807, 2.05) is 31.4 Å². The van der Waals surface area contributed by atoms with Crippen LogP contribution in [0.2, 0.25) is 0 Å². The number of para-hydroxylation sites is 1. The van der Waals surface area contributed by atoms with Crippen LogP contribution in [0.1, 0.15) is 11.4 Å². The largest absolute Gasteiger partial charge is 0.356 e. The Morgan fingerprint density at radius 2 is 1.92 bits per heavy atom. The molecule has 0 atom stereocenters. The van der Waals surface area contributed by atoms with Gasteiger partial charge in [0.05, 0.1) is 0 Å². The monoisotopic (exact) mass is 355 g/mol. The van der Waals surface area contributed by atoms with Gasteiger partial charge in [0, 0.05) is 49.9 Å². The lowest BCUT2D eigenvalue weighted by Crippen LogP contribution is -2.46. The van der Waals surface area contributed by atoms with Gasteiger partial charge < -0.3 is 9.42 Å². The number of aromatic nitrogens is 3. The van der Waals surface area contributed by atoms with Crippen LogP contribution in [-0.2, 0) is 6.54 Å². The molecule has 1 aromatic carbocycles. The number of piperazine rings is 1. The Balaban J connectivity index is 1.42. The Morgan fingerprint density at radius 1 is 1.12 bits per heavy atom. The fourth-order valence-corrected chi connectivity index (χ4v) is 3.60. The summed E-state index contributed by atoms with van der Waals surface area (Å²) in [5.74, 6) is 1.03. The summed E-state index contributed by atoms with van der Waals surface area (Å²) in [5.41, 5.74) is 2.90. The van der Waals surface area contributed by atoms with Crippen molar-refractivity contribution in [3.8, 4) is 0 Å². The molecule has 1 aliphatic heterocycles. The van der Waals surface area contributed by atoms with Gasteiger partial charge in [-0.1, -0.05) is 29.1 Å². The lowest BCUT2D eigenvalue weighted by molar-refractivity contribution is 0.242. The van der Waals surface area contributed by atoms with Crippen molar-refractivity contribution in [3.63, 3.8) is 0 Å². The summed E-state index contributed by atoms with van der Waals surface area (Å²) in [4.78, 5) is 13.8. The highest BCUT2D eigenvalue weighted by Crippen LogP contribution is 2.22. The number of fused-ring (bicyclic) bond motifs is 1. The second kappa shape index (κ2) is 7.01. The third kappa shape index (κ3) is 3.48. The normalized spacial score (nSPS) is 15.8. The highest BCUT2D eigenvalue weighted by Gasteiger charge is 2.20. The summed E-state index contributed by atoms with van der Waals surface area (Å²) in [6.07, 6.45) is 2.01. The van der Waals surface area contributed by atoms with Crippen molar-refractivity contribution in [2.45, 2.75) is 18.6 Å². The van der Waals surface area contributed by atoms with Gasteiger partial charge in [-0.25, -0.2) is 9.97 Å². The highest BCUT2D eigenvalue weighted by molar-refractivity contribution is 7.98. The first-order valence-corrected chi connectivity index (χ1v) is 9.65. The Kier molecular flexibility index (Phi) is 4.59. The van der Waals surface area contributed by atoms with Crippen LogP contribution >= 0.6 is 11.8 Å². The molecule has 2 aromatic heterocycles. The fourth-order valence-electron chi connectivity index (χ4n) is 3.18. The molecule has 0 unspecified atom stereocenters. The minimum absolute atomic E-state index is 0.823. The molecule has 25 heavy (non-hydrogen) atoms. The first-order chi connectivity index (χ1) is 12.2. The third-order valence-electron chi connectivity index (χ3n) is 4.52. The summed E-state index contributed by atoms with van der Waals surface area (Å²) >= 11 is 1.59. The summed E-state index contributed by atoms with van der Waals surface area (Å²) in [7, 11) is 0. The summed E-state index contributed by atoms with van der Waals surface area (Å²) in [6.45, 7) is 6.73. The number of hydrogen-bond acceptors (Lipinski definition) is 7. The molecule has 7 heteroatoms. The van der Waals surface area contributed by atoms with E-state index in [-0.39, 0.29) is 0 Å². The van der Waals surface area contributed by atoms with Gasteiger partial charge in [0.25, 0.3) is 0 Å². The first-order valence-electron chi connectivity index (χ1n) is 8.43. The molecule has 0 saturated carbocycles. The minimum Gasteiger partial charge on any atom is -0.356 e. The maximum Gasteiger partial charge on any atom is 0.189 e. The van der Waals surface area contributed by atoms with E-state index in [4.69, 9.17) is 4.52 Å². The van der Waals surface area contributed by atoms with Gasteiger partial charge in [0.15, 0.2) is 10.7 Å². The molecule has 0 spiro atoms. The average Bonchev–Trinajstić information content (AvgIpc) is 3.05. The predicted molar refractivity (Wildman–Crippen MR) is 100 cm³/mol. The van der Waals surface area contributed by atoms with Crippen molar-refractivity contribution in [3.05, 3.63) is 41.7 Å². The fraction of sp³-hybridized carbons (Fsp3) is 0.389. The molecule has 6 nitrogen and oxygen atoms in total. The molecule has 0 radical (unpaired) electrons. The SMILES string of the molecule is CSc1nc(C)cc(N2CCN(Cc3noc4ccccc34)CC2)n1. The maximum absolute atomic E-state index is 5.41. The van der Waals surface area contributed by atoms with Gasteiger partial charge in [-0.2, -0.15) is 0 Å². The van der Waals surface area contributed by atoms with Gasteiger partial charge in [-0.3, -0.25) is 4.90 Å². The molecular weight excluding hydrogens is 334 g/mol. The van der Waals surface area contributed by atoms with Gasteiger partial charge in [0.2, 0.25) is 0 Å². The standard InChI is InChI=1S/C18H21N5OS/c1-13-11-17(20-18(19-13)25-2)23-9-7-22(8-10-23)12-15-14-5-3-4-6-16(14)24-21-15/h3-6,11H,7-10,12H2,1-2H3.